The van der Waals surface area contributed by atoms with Crippen molar-refractivity contribution in [2.24, 2.45) is 0 Å². The fourth-order valence-corrected chi connectivity index (χ4v) is 2.65. The largest absolute Gasteiger partial charge is 0.465 e. The number of nitrogens with one attached hydrogen (secondary N) is 1. The molecule has 0 amide bonds. The maximum atomic E-state index is 12.0. The van der Waals surface area contributed by atoms with Crippen LogP contribution < -0.4 is 5.32 Å². The maximum absolute atomic E-state index is 12.0. The SMILES string of the molecule is CCOC(=O)C1CNCCN1Cc1ccc(C(C)C)cc1. The van der Waals surface area contributed by atoms with E-state index in [2.05, 4.69) is 48.3 Å². The first-order valence-electron chi connectivity index (χ1n) is 7.82. The lowest BCUT2D eigenvalue weighted by atomic mass is 10.0. The van der Waals surface area contributed by atoms with Gasteiger partial charge in [0.1, 0.15) is 6.04 Å². The van der Waals surface area contributed by atoms with E-state index in [1.54, 1.807) is 0 Å². The summed E-state index contributed by atoms with van der Waals surface area (Å²) >= 11 is 0. The van der Waals surface area contributed by atoms with Crippen LogP contribution in [0.5, 0.6) is 0 Å². The van der Waals surface area contributed by atoms with Gasteiger partial charge in [0.25, 0.3) is 0 Å². The second kappa shape index (κ2) is 7.57. The monoisotopic (exact) mass is 290 g/mol. The minimum absolute atomic E-state index is 0.122. The van der Waals surface area contributed by atoms with Gasteiger partial charge >= 0.3 is 5.97 Å². The van der Waals surface area contributed by atoms with Crippen LogP contribution in [-0.4, -0.2) is 43.2 Å². The third-order valence-corrected chi connectivity index (χ3v) is 3.94. The Hall–Kier alpha value is -1.39. The number of carbonyl (C=O) groups excluding carboxylic acids is 1. The minimum Gasteiger partial charge on any atom is -0.465 e. The molecule has 0 spiro atoms. The molecule has 1 aliphatic rings. The predicted molar refractivity (Wildman–Crippen MR) is 84.2 cm³/mol. The zero-order valence-corrected chi connectivity index (χ0v) is 13.3. The molecule has 1 aromatic carbocycles. The zero-order valence-electron chi connectivity index (χ0n) is 13.3. The Balaban J connectivity index is 2.03. The van der Waals surface area contributed by atoms with Crippen molar-refractivity contribution in [3.63, 3.8) is 0 Å². The van der Waals surface area contributed by atoms with Crippen LogP contribution in [-0.2, 0) is 16.1 Å². The normalized spacial score (nSPS) is 19.7. The second-order valence-corrected chi connectivity index (χ2v) is 5.84. The molecule has 0 aromatic heterocycles. The molecule has 1 heterocycles. The first-order valence-corrected chi connectivity index (χ1v) is 7.82. The Morgan fingerprint density at radius 1 is 1.38 bits per heavy atom. The van der Waals surface area contributed by atoms with Gasteiger partial charge in [0.15, 0.2) is 0 Å². The van der Waals surface area contributed by atoms with Crippen molar-refractivity contribution >= 4 is 5.97 Å². The molecule has 0 aliphatic carbocycles. The molecule has 1 fully saturated rings. The Morgan fingerprint density at radius 2 is 2.10 bits per heavy atom. The summed E-state index contributed by atoms with van der Waals surface area (Å²) in [6, 6.07) is 8.52. The summed E-state index contributed by atoms with van der Waals surface area (Å²) in [4.78, 5) is 14.2. The van der Waals surface area contributed by atoms with Gasteiger partial charge in [-0.05, 0) is 24.0 Å². The fourth-order valence-electron chi connectivity index (χ4n) is 2.65. The molecule has 21 heavy (non-hydrogen) atoms. The molecule has 0 bridgehead atoms. The number of carbonyl (C=O) groups is 1. The number of nitrogens with zero attached hydrogens (tertiary/aromatic N) is 1. The van der Waals surface area contributed by atoms with Crippen molar-refractivity contribution in [2.45, 2.75) is 39.3 Å². The maximum Gasteiger partial charge on any atom is 0.324 e. The van der Waals surface area contributed by atoms with E-state index in [1.807, 2.05) is 6.92 Å². The average Bonchev–Trinajstić information content (AvgIpc) is 2.48. The van der Waals surface area contributed by atoms with E-state index in [0.29, 0.717) is 19.1 Å². The molecule has 116 valence electrons. The van der Waals surface area contributed by atoms with Crippen LogP contribution in [0.2, 0.25) is 0 Å². The van der Waals surface area contributed by atoms with E-state index in [4.69, 9.17) is 4.74 Å². The fraction of sp³-hybridized carbons (Fsp3) is 0.588. The third-order valence-electron chi connectivity index (χ3n) is 3.94. The molecular weight excluding hydrogens is 264 g/mol. The number of esters is 1. The van der Waals surface area contributed by atoms with E-state index in [9.17, 15) is 4.79 Å². The molecule has 0 radical (unpaired) electrons. The molecule has 4 nitrogen and oxygen atoms in total. The van der Waals surface area contributed by atoms with Crippen LogP contribution >= 0.6 is 0 Å². The van der Waals surface area contributed by atoms with Gasteiger partial charge < -0.3 is 10.1 Å². The van der Waals surface area contributed by atoms with Crippen molar-refractivity contribution in [2.75, 3.05) is 26.2 Å². The van der Waals surface area contributed by atoms with Crippen LogP contribution in [0.25, 0.3) is 0 Å². The van der Waals surface area contributed by atoms with E-state index >= 15 is 0 Å². The second-order valence-electron chi connectivity index (χ2n) is 5.84. The predicted octanol–water partition coefficient (Wildman–Crippen LogP) is 2.15. The number of benzene rings is 1. The molecule has 1 saturated heterocycles. The van der Waals surface area contributed by atoms with Crippen molar-refractivity contribution < 1.29 is 9.53 Å². The van der Waals surface area contributed by atoms with Crippen molar-refractivity contribution in [3.8, 4) is 0 Å². The van der Waals surface area contributed by atoms with E-state index in [0.717, 1.165) is 19.6 Å². The van der Waals surface area contributed by atoms with Gasteiger partial charge in [0.2, 0.25) is 0 Å². The minimum atomic E-state index is -0.177. The Kier molecular flexibility index (Phi) is 5.76. The van der Waals surface area contributed by atoms with Crippen molar-refractivity contribution in [3.05, 3.63) is 35.4 Å². The average molecular weight is 290 g/mol. The lowest BCUT2D eigenvalue weighted by Crippen LogP contribution is -2.54. The molecule has 1 unspecified atom stereocenters. The number of hydrogen-bond donors (Lipinski definition) is 1. The van der Waals surface area contributed by atoms with E-state index in [-0.39, 0.29) is 12.0 Å². The standard InChI is InChI=1S/C17H26N2O2/c1-4-21-17(20)16-11-18-9-10-19(16)12-14-5-7-15(8-6-14)13(2)3/h5-8,13,16,18H,4,9-12H2,1-3H3. The summed E-state index contributed by atoms with van der Waals surface area (Å²) in [5.41, 5.74) is 2.59. The summed E-state index contributed by atoms with van der Waals surface area (Å²) in [7, 11) is 0. The van der Waals surface area contributed by atoms with Gasteiger partial charge in [-0.1, -0.05) is 38.1 Å². The summed E-state index contributed by atoms with van der Waals surface area (Å²) in [6.45, 7) is 9.93. The highest BCUT2D eigenvalue weighted by atomic mass is 16.5. The van der Waals surface area contributed by atoms with Crippen molar-refractivity contribution in [1.82, 2.24) is 10.2 Å². The first kappa shape index (κ1) is 16.0. The molecule has 0 saturated carbocycles. The zero-order chi connectivity index (χ0) is 15.2. The van der Waals surface area contributed by atoms with Gasteiger partial charge in [0, 0.05) is 26.2 Å². The van der Waals surface area contributed by atoms with Gasteiger partial charge in [-0.25, -0.2) is 0 Å². The lowest BCUT2D eigenvalue weighted by molar-refractivity contribution is -0.150. The van der Waals surface area contributed by atoms with Crippen molar-refractivity contribution in [1.29, 1.82) is 0 Å². The molecular formula is C17H26N2O2. The molecule has 1 N–H and O–H groups in total. The molecule has 4 heteroatoms. The highest BCUT2D eigenvalue weighted by Crippen LogP contribution is 2.17. The van der Waals surface area contributed by atoms with Crippen LogP contribution in [0, 0.1) is 0 Å². The first-order chi connectivity index (χ1) is 10.1. The smallest absolute Gasteiger partial charge is 0.324 e. The molecule has 1 aliphatic heterocycles. The highest BCUT2D eigenvalue weighted by Gasteiger charge is 2.29. The number of piperazine rings is 1. The highest BCUT2D eigenvalue weighted by molar-refractivity contribution is 5.76. The third kappa shape index (κ3) is 4.29. The van der Waals surface area contributed by atoms with Gasteiger partial charge in [0.05, 0.1) is 6.61 Å². The van der Waals surface area contributed by atoms with Gasteiger partial charge in [-0.2, -0.15) is 0 Å². The Bertz CT molecular complexity index is 456. The topological polar surface area (TPSA) is 41.6 Å². The summed E-state index contributed by atoms with van der Waals surface area (Å²) in [5.74, 6) is 0.425. The Labute approximate surface area is 127 Å². The number of hydrogen-bond acceptors (Lipinski definition) is 4. The van der Waals surface area contributed by atoms with Gasteiger partial charge in [-0.15, -0.1) is 0 Å². The van der Waals surface area contributed by atoms with Crippen LogP contribution in [0.15, 0.2) is 24.3 Å². The Morgan fingerprint density at radius 3 is 2.71 bits per heavy atom. The summed E-state index contributed by atoms with van der Waals surface area (Å²) in [6.07, 6.45) is 0. The summed E-state index contributed by atoms with van der Waals surface area (Å²) < 4.78 is 5.18. The van der Waals surface area contributed by atoms with Crippen LogP contribution in [0.3, 0.4) is 0 Å². The summed E-state index contributed by atoms with van der Waals surface area (Å²) in [5, 5.41) is 3.27. The van der Waals surface area contributed by atoms with Crippen LogP contribution in [0.1, 0.15) is 37.8 Å². The molecule has 2 rings (SSSR count). The van der Waals surface area contributed by atoms with Crippen LogP contribution in [0.4, 0.5) is 0 Å². The number of ether oxygens (including phenoxy) is 1. The molecule has 1 atom stereocenters. The van der Waals surface area contributed by atoms with E-state index < -0.39 is 0 Å². The van der Waals surface area contributed by atoms with E-state index in [1.165, 1.54) is 11.1 Å². The quantitative estimate of drug-likeness (QED) is 0.844. The lowest BCUT2D eigenvalue weighted by Gasteiger charge is -2.34. The molecule has 1 aromatic rings. The number of rotatable bonds is 5. The van der Waals surface area contributed by atoms with Gasteiger partial charge in [-0.3, -0.25) is 9.69 Å².